The van der Waals surface area contributed by atoms with Gasteiger partial charge in [-0.1, -0.05) is 13.3 Å². The third kappa shape index (κ3) is 2.16. The van der Waals surface area contributed by atoms with Crippen LogP contribution in [0.15, 0.2) is 21.7 Å². The van der Waals surface area contributed by atoms with Gasteiger partial charge in [-0.3, -0.25) is 9.36 Å². The van der Waals surface area contributed by atoms with E-state index < -0.39 is 11.2 Å². The van der Waals surface area contributed by atoms with E-state index in [-0.39, 0.29) is 6.04 Å². The van der Waals surface area contributed by atoms with Crippen molar-refractivity contribution < 1.29 is 0 Å². The third-order valence-corrected chi connectivity index (χ3v) is 5.62. The van der Waals surface area contributed by atoms with Crippen LogP contribution in [-0.2, 0) is 0 Å². The van der Waals surface area contributed by atoms with Crippen LogP contribution in [0, 0.1) is 12.8 Å². The standard InChI is InChI=1S/C18H24N4O2/c1-3-12-8-9-20(10-12)15-7-6-14-16(11(15)2)21(13-4-5-13)18(24)22(19)17(14)23/h6-7,12-13H,3-5,8-10,19H2,1-2H3. The number of fused-ring (bicyclic) bond motifs is 1. The monoisotopic (exact) mass is 328 g/mol. The van der Waals surface area contributed by atoms with E-state index in [1.165, 1.54) is 12.8 Å². The van der Waals surface area contributed by atoms with E-state index in [9.17, 15) is 9.59 Å². The summed E-state index contributed by atoms with van der Waals surface area (Å²) in [6, 6.07) is 4.02. The number of rotatable bonds is 3. The lowest BCUT2D eigenvalue weighted by molar-refractivity contribution is 0.569. The Morgan fingerprint density at radius 1 is 1.21 bits per heavy atom. The van der Waals surface area contributed by atoms with Gasteiger partial charge in [0.25, 0.3) is 5.56 Å². The molecule has 1 saturated heterocycles. The van der Waals surface area contributed by atoms with Gasteiger partial charge in [-0.25, -0.2) is 4.79 Å². The van der Waals surface area contributed by atoms with Crippen molar-refractivity contribution >= 4 is 16.6 Å². The number of aromatic nitrogens is 2. The first-order valence-corrected chi connectivity index (χ1v) is 8.83. The van der Waals surface area contributed by atoms with Crippen LogP contribution in [0.25, 0.3) is 10.9 Å². The van der Waals surface area contributed by atoms with E-state index in [2.05, 4.69) is 11.8 Å². The second kappa shape index (κ2) is 5.40. The van der Waals surface area contributed by atoms with Crippen LogP contribution in [0.2, 0.25) is 0 Å². The molecule has 24 heavy (non-hydrogen) atoms. The zero-order valence-corrected chi connectivity index (χ0v) is 14.3. The Balaban J connectivity index is 1.96. The molecule has 2 heterocycles. The van der Waals surface area contributed by atoms with Crippen LogP contribution >= 0.6 is 0 Å². The minimum Gasteiger partial charge on any atom is -0.371 e. The molecule has 2 fully saturated rings. The summed E-state index contributed by atoms with van der Waals surface area (Å²) in [7, 11) is 0. The molecule has 1 saturated carbocycles. The van der Waals surface area contributed by atoms with Crippen LogP contribution in [0.5, 0.6) is 0 Å². The lowest BCUT2D eigenvalue weighted by Crippen LogP contribution is -2.44. The molecule has 1 unspecified atom stereocenters. The van der Waals surface area contributed by atoms with Gasteiger partial charge < -0.3 is 10.7 Å². The predicted octanol–water partition coefficient (Wildman–Crippen LogP) is 1.76. The summed E-state index contributed by atoms with van der Waals surface area (Å²) >= 11 is 0. The molecule has 1 aliphatic carbocycles. The van der Waals surface area contributed by atoms with Gasteiger partial charge in [0.15, 0.2) is 0 Å². The predicted molar refractivity (Wildman–Crippen MR) is 96.2 cm³/mol. The number of hydrogen-bond donors (Lipinski definition) is 1. The first-order valence-electron chi connectivity index (χ1n) is 8.83. The third-order valence-electron chi connectivity index (χ3n) is 5.62. The van der Waals surface area contributed by atoms with Gasteiger partial charge in [0.2, 0.25) is 0 Å². The Labute approximate surface area is 140 Å². The minimum absolute atomic E-state index is 0.173. The van der Waals surface area contributed by atoms with Crippen molar-refractivity contribution in [1.82, 2.24) is 9.24 Å². The SMILES string of the molecule is CCC1CCN(c2ccc3c(=O)n(N)c(=O)n(C4CC4)c3c2C)C1. The molecule has 6 nitrogen and oxygen atoms in total. The molecule has 0 bridgehead atoms. The highest BCUT2D eigenvalue weighted by Crippen LogP contribution is 2.38. The van der Waals surface area contributed by atoms with Gasteiger partial charge >= 0.3 is 5.69 Å². The highest BCUT2D eigenvalue weighted by atomic mass is 16.2. The normalized spacial score (nSPS) is 20.9. The van der Waals surface area contributed by atoms with E-state index in [0.29, 0.717) is 5.39 Å². The molecule has 2 N–H and O–H groups in total. The van der Waals surface area contributed by atoms with Crippen LogP contribution in [0.3, 0.4) is 0 Å². The highest BCUT2D eigenvalue weighted by molar-refractivity contribution is 5.87. The summed E-state index contributed by atoms with van der Waals surface area (Å²) in [4.78, 5) is 27.4. The fourth-order valence-corrected chi connectivity index (χ4v) is 4.00. The molecule has 1 aliphatic heterocycles. The van der Waals surface area contributed by atoms with Crippen molar-refractivity contribution in [2.75, 3.05) is 23.8 Å². The lowest BCUT2D eigenvalue weighted by atomic mass is 10.1. The van der Waals surface area contributed by atoms with Crippen molar-refractivity contribution in [2.45, 2.75) is 45.6 Å². The molecule has 0 spiro atoms. The Morgan fingerprint density at radius 3 is 2.58 bits per heavy atom. The van der Waals surface area contributed by atoms with Crippen molar-refractivity contribution in [3.63, 3.8) is 0 Å². The Hall–Kier alpha value is -2.24. The molecule has 2 aliphatic rings. The van der Waals surface area contributed by atoms with E-state index in [1.54, 1.807) is 4.57 Å². The first kappa shape index (κ1) is 15.3. The van der Waals surface area contributed by atoms with Crippen molar-refractivity contribution in [3.05, 3.63) is 38.5 Å². The van der Waals surface area contributed by atoms with Gasteiger partial charge in [0.05, 0.1) is 10.9 Å². The van der Waals surface area contributed by atoms with Gasteiger partial charge in [-0.2, -0.15) is 4.68 Å². The Morgan fingerprint density at radius 2 is 1.96 bits per heavy atom. The molecular weight excluding hydrogens is 304 g/mol. The first-order chi connectivity index (χ1) is 11.5. The quantitative estimate of drug-likeness (QED) is 0.871. The number of nitrogen functional groups attached to an aromatic ring is 1. The minimum atomic E-state index is -0.408. The Bertz CT molecular complexity index is 923. The lowest BCUT2D eigenvalue weighted by Gasteiger charge is -2.23. The number of aryl methyl sites for hydroxylation is 1. The number of hydrogen-bond acceptors (Lipinski definition) is 4. The van der Waals surface area contributed by atoms with E-state index >= 15 is 0 Å². The zero-order chi connectivity index (χ0) is 17.0. The van der Waals surface area contributed by atoms with Crippen LogP contribution in [0.1, 0.15) is 44.2 Å². The van der Waals surface area contributed by atoms with Crippen molar-refractivity contribution in [1.29, 1.82) is 0 Å². The molecule has 128 valence electrons. The molecule has 2 aromatic rings. The Kier molecular flexibility index (Phi) is 3.44. The van der Waals surface area contributed by atoms with Gasteiger partial charge in [0.1, 0.15) is 0 Å². The number of nitrogens with zero attached hydrogens (tertiary/aromatic N) is 3. The van der Waals surface area contributed by atoms with Crippen LogP contribution in [0.4, 0.5) is 5.69 Å². The van der Waals surface area contributed by atoms with Gasteiger partial charge in [-0.05, 0) is 49.8 Å². The molecule has 1 aromatic carbocycles. The van der Waals surface area contributed by atoms with Crippen molar-refractivity contribution in [3.8, 4) is 0 Å². The number of nitrogens with two attached hydrogens (primary N) is 1. The second-order valence-electron chi connectivity index (χ2n) is 7.17. The smallest absolute Gasteiger partial charge is 0.350 e. The maximum Gasteiger partial charge on any atom is 0.350 e. The summed E-state index contributed by atoms with van der Waals surface area (Å²) in [5.74, 6) is 6.45. The average Bonchev–Trinajstić information content (AvgIpc) is 3.30. The molecule has 4 rings (SSSR count). The van der Waals surface area contributed by atoms with Crippen LogP contribution < -0.4 is 22.0 Å². The summed E-state index contributed by atoms with van der Waals surface area (Å²) < 4.78 is 2.49. The molecule has 1 aromatic heterocycles. The molecule has 0 amide bonds. The highest BCUT2D eigenvalue weighted by Gasteiger charge is 2.30. The van der Waals surface area contributed by atoms with Gasteiger partial charge in [-0.15, -0.1) is 0 Å². The molecule has 0 radical (unpaired) electrons. The maximum atomic E-state index is 12.6. The van der Waals surface area contributed by atoms with Crippen molar-refractivity contribution in [2.24, 2.45) is 5.92 Å². The van der Waals surface area contributed by atoms with Gasteiger partial charge in [0, 0.05) is 24.8 Å². The zero-order valence-electron chi connectivity index (χ0n) is 14.3. The summed E-state index contributed by atoms with van der Waals surface area (Å²) in [5.41, 5.74) is 2.12. The summed E-state index contributed by atoms with van der Waals surface area (Å²) in [5, 5.41) is 0.538. The van der Waals surface area contributed by atoms with E-state index in [1.807, 2.05) is 19.1 Å². The van der Waals surface area contributed by atoms with E-state index in [4.69, 9.17) is 5.84 Å². The fraction of sp³-hybridized carbons (Fsp3) is 0.556. The molecule has 6 heteroatoms. The largest absolute Gasteiger partial charge is 0.371 e. The summed E-state index contributed by atoms with van der Waals surface area (Å²) in [6.45, 7) is 6.34. The second-order valence-corrected chi connectivity index (χ2v) is 7.17. The molecular formula is C18H24N4O2. The fourth-order valence-electron chi connectivity index (χ4n) is 4.00. The summed E-state index contributed by atoms with van der Waals surface area (Å²) in [6.07, 6.45) is 4.33. The number of benzene rings is 1. The van der Waals surface area contributed by atoms with E-state index in [0.717, 1.165) is 53.3 Å². The maximum absolute atomic E-state index is 12.6. The molecule has 1 atom stereocenters. The number of anilines is 1. The van der Waals surface area contributed by atoms with Crippen LogP contribution in [-0.4, -0.2) is 22.3 Å². The average molecular weight is 328 g/mol. The topological polar surface area (TPSA) is 73.3 Å².